The molecule has 1 nitrogen and oxygen atoms in total. The number of alkyl halides is 3. The van der Waals surface area contributed by atoms with E-state index < -0.39 is 17.3 Å². The number of para-hydroxylation sites is 1. The zero-order chi connectivity index (χ0) is 15.6. The molecule has 2 aromatic rings. The molecule has 0 radical (unpaired) electrons. The van der Waals surface area contributed by atoms with Gasteiger partial charge in [-0.25, -0.2) is 4.39 Å². The first-order valence-corrected chi connectivity index (χ1v) is 7.81. The molecule has 1 unspecified atom stereocenters. The van der Waals surface area contributed by atoms with Crippen molar-refractivity contribution >= 4 is 43.5 Å². The molecule has 0 heterocycles. The first-order valence-electron chi connectivity index (χ1n) is 5.72. The fraction of sp³-hybridized carbons (Fsp3) is 0.143. The fourth-order valence-corrected chi connectivity index (χ4v) is 3.01. The molecule has 0 saturated heterocycles. The standard InChI is InChI=1S/C14H8Br2ClF3O/c15-9-6-11(18)8(5-10(9)17)13(16)7-3-1-2-4-12(7)21-14(19)20/h1-6,13-14H. The molecule has 0 bridgehead atoms. The van der Waals surface area contributed by atoms with Crippen LogP contribution < -0.4 is 4.74 Å². The summed E-state index contributed by atoms with van der Waals surface area (Å²) in [5.74, 6) is -0.534. The van der Waals surface area contributed by atoms with Crippen molar-refractivity contribution in [1.29, 1.82) is 0 Å². The van der Waals surface area contributed by atoms with Crippen LogP contribution in [0.15, 0.2) is 40.9 Å². The summed E-state index contributed by atoms with van der Waals surface area (Å²) in [7, 11) is 0. The maximum atomic E-state index is 14.1. The Hall–Kier alpha value is -0.720. The zero-order valence-electron chi connectivity index (χ0n) is 10.3. The van der Waals surface area contributed by atoms with Crippen molar-refractivity contribution in [3.05, 3.63) is 62.8 Å². The Kier molecular flexibility index (Phi) is 5.57. The van der Waals surface area contributed by atoms with Gasteiger partial charge in [-0.1, -0.05) is 45.7 Å². The molecular formula is C14H8Br2ClF3O. The molecule has 112 valence electrons. The van der Waals surface area contributed by atoms with Crippen molar-refractivity contribution in [2.45, 2.75) is 11.4 Å². The molecule has 0 aliphatic heterocycles. The van der Waals surface area contributed by atoms with E-state index >= 15 is 0 Å². The van der Waals surface area contributed by atoms with Crippen LogP contribution in [0.1, 0.15) is 16.0 Å². The molecule has 0 fully saturated rings. The van der Waals surface area contributed by atoms with Gasteiger partial charge in [0.1, 0.15) is 11.6 Å². The highest BCUT2D eigenvalue weighted by Crippen LogP contribution is 2.40. The number of hydrogen-bond donors (Lipinski definition) is 0. The summed E-state index contributed by atoms with van der Waals surface area (Å²) in [4.78, 5) is -0.668. The predicted octanol–water partition coefficient (Wildman–Crippen LogP) is 6.33. The molecule has 2 rings (SSSR count). The van der Waals surface area contributed by atoms with Gasteiger partial charge in [-0.3, -0.25) is 0 Å². The van der Waals surface area contributed by atoms with Crippen LogP contribution in [0.2, 0.25) is 5.02 Å². The summed E-state index contributed by atoms with van der Waals surface area (Å²) in [5.41, 5.74) is 0.614. The van der Waals surface area contributed by atoms with E-state index in [-0.39, 0.29) is 11.3 Å². The lowest BCUT2D eigenvalue weighted by Gasteiger charge is -2.17. The Morgan fingerprint density at radius 1 is 1.10 bits per heavy atom. The molecule has 0 amide bonds. The zero-order valence-corrected chi connectivity index (χ0v) is 14.2. The third-order valence-corrected chi connectivity index (χ3v) is 4.90. The Morgan fingerprint density at radius 3 is 2.43 bits per heavy atom. The lowest BCUT2D eigenvalue weighted by Crippen LogP contribution is -2.06. The smallest absolute Gasteiger partial charge is 0.387 e. The van der Waals surface area contributed by atoms with Crippen molar-refractivity contribution < 1.29 is 17.9 Å². The number of ether oxygens (including phenoxy) is 1. The maximum absolute atomic E-state index is 14.1. The van der Waals surface area contributed by atoms with Gasteiger partial charge in [0.05, 0.1) is 9.85 Å². The fourth-order valence-electron chi connectivity index (χ4n) is 1.79. The van der Waals surface area contributed by atoms with Crippen molar-refractivity contribution in [2.24, 2.45) is 0 Å². The highest BCUT2D eigenvalue weighted by atomic mass is 79.9. The number of benzene rings is 2. The third kappa shape index (κ3) is 3.93. The highest BCUT2D eigenvalue weighted by Gasteiger charge is 2.21. The SMILES string of the molecule is Fc1cc(Br)c(Cl)cc1C(Br)c1ccccc1OC(F)F. The highest BCUT2D eigenvalue weighted by molar-refractivity contribution is 9.10. The minimum Gasteiger partial charge on any atom is -0.434 e. The average molecular weight is 444 g/mol. The quantitative estimate of drug-likeness (QED) is 0.396. The Bertz CT molecular complexity index is 652. The van der Waals surface area contributed by atoms with Crippen LogP contribution in [0.5, 0.6) is 5.75 Å². The molecular weight excluding hydrogens is 436 g/mol. The van der Waals surface area contributed by atoms with Gasteiger partial charge in [0, 0.05) is 15.6 Å². The Labute approximate surface area is 141 Å². The molecule has 0 N–H and O–H groups in total. The first kappa shape index (κ1) is 16.6. The summed E-state index contributed by atoms with van der Waals surface area (Å²) < 4.78 is 43.8. The van der Waals surface area contributed by atoms with E-state index in [1.807, 2.05) is 0 Å². The normalized spacial score (nSPS) is 12.5. The van der Waals surface area contributed by atoms with Crippen molar-refractivity contribution in [3.8, 4) is 5.75 Å². The second-order valence-corrected chi connectivity index (χ2v) is 6.24. The first-order chi connectivity index (χ1) is 9.90. The van der Waals surface area contributed by atoms with E-state index in [2.05, 4.69) is 36.6 Å². The molecule has 0 spiro atoms. The average Bonchev–Trinajstić information content (AvgIpc) is 2.42. The molecule has 0 saturated carbocycles. The molecule has 1 atom stereocenters. The van der Waals surface area contributed by atoms with Crippen molar-refractivity contribution in [2.75, 3.05) is 0 Å². The van der Waals surface area contributed by atoms with Gasteiger partial charge in [0.2, 0.25) is 0 Å². The van der Waals surface area contributed by atoms with Crippen LogP contribution in [-0.2, 0) is 0 Å². The van der Waals surface area contributed by atoms with Gasteiger partial charge in [-0.15, -0.1) is 0 Å². The van der Waals surface area contributed by atoms with E-state index in [9.17, 15) is 13.2 Å². The van der Waals surface area contributed by atoms with Gasteiger partial charge in [0.15, 0.2) is 0 Å². The molecule has 0 aromatic heterocycles. The van der Waals surface area contributed by atoms with E-state index in [4.69, 9.17) is 11.6 Å². The lowest BCUT2D eigenvalue weighted by atomic mass is 10.0. The summed E-state index contributed by atoms with van der Waals surface area (Å²) in [6, 6.07) is 8.84. The molecule has 0 aliphatic carbocycles. The third-order valence-electron chi connectivity index (χ3n) is 2.72. The molecule has 21 heavy (non-hydrogen) atoms. The van der Waals surface area contributed by atoms with Gasteiger partial charge >= 0.3 is 6.61 Å². The van der Waals surface area contributed by atoms with Gasteiger partial charge in [-0.2, -0.15) is 8.78 Å². The van der Waals surface area contributed by atoms with E-state index in [0.29, 0.717) is 15.1 Å². The van der Waals surface area contributed by atoms with Crippen molar-refractivity contribution in [3.63, 3.8) is 0 Å². The van der Waals surface area contributed by atoms with Crippen LogP contribution in [-0.4, -0.2) is 6.61 Å². The minimum absolute atomic E-state index is 0.0205. The topological polar surface area (TPSA) is 9.23 Å². The van der Waals surface area contributed by atoms with E-state index in [0.717, 1.165) is 0 Å². The van der Waals surface area contributed by atoms with Crippen LogP contribution in [0.25, 0.3) is 0 Å². The second kappa shape index (κ2) is 7.03. The largest absolute Gasteiger partial charge is 0.434 e. The molecule has 2 aromatic carbocycles. The molecule has 0 aliphatic rings. The van der Waals surface area contributed by atoms with Gasteiger partial charge in [0.25, 0.3) is 0 Å². The molecule has 7 heteroatoms. The van der Waals surface area contributed by atoms with Gasteiger partial charge in [-0.05, 0) is 34.1 Å². The summed E-state index contributed by atoms with van der Waals surface area (Å²) in [6.45, 7) is -2.95. The van der Waals surface area contributed by atoms with Gasteiger partial charge < -0.3 is 4.74 Å². The van der Waals surface area contributed by atoms with Crippen LogP contribution in [0, 0.1) is 5.82 Å². The van der Waals surface area contributed by atoms with E-state index in [1.165, 1.54) is 18.2 Å². The van der Waals surface area contributed by atoms with Crippen LogP contribution in [0.4, 0.5) is 13.2 Å². The second-order valence-electron chi connectivity index (χ2n) is 4.07. The number of halogens is 6. The van der Waals surface area contributed by atoms with E-state index in [1.54, 1.807) is 18.2 Å². The predicted molar refractivity (Wildman–Crippen MR) is 83.0 cm³/mol. The minimum atomic E-state index is -2.95. The van der Waals surface area contributed by atoms with Crippen molar-refractivity contribution in [1.82, 2.24) is 0 Å². The summed E-state index contributed by atoms with van der Waals surface area (Å²) >= 11 is 12.4. The maximum Gasteiger partial charge on any atom is 0.387 e. The van der Waals surface area contributed by atoms with Crippen LogP contribution in [0.3, 0.4) is 0 Å². The summed E-state index contributed by atoms with van der Waals surface area (Å²) in [6.07, 6.45) is 0. The van der Waals surface area contributed by atoms with Crippen LogP contribution >= 0.6 is 43.5 Å². The lowest BCUT2D eigenvalue weighted by molar-refractivity contribution is -0.0503. The monoisotopic (exact) mass is 442 g/mol. The Morgan fingerprint density at radius 2 is 1.76 bits per heavy atom. The Balaban J connectivity index is 2.45. The number of rotatable bonds is 4. The number of hydrogen-bond acceptors (Lipinski definition) is 1. The summed E-state index contributed by atoms with van der Waals surface area (Å²) in [5, 5.41) is 0.322.